The minimum absolute atomic E-state index is 0.134. The fourth-order valence-corrected chi connectivity index (χ4v) is 1.06. The Bertz CT molecular complexity index is 421. The van der Waals surface area contributed by atoms with Crippen LogP contribution in [0, 0.1) is 6.92 Å². The van der Waals surface area contributed by atoms with Crippen LogP contribution in [0.1, 0.15) is 5.56 Å². The molecule has 2 aromatic rings. The van der Waals surface area contributed by atoms with Gasteiger partial charge in [-0.25, -0.2) is 0 Å². The lowest BCUT2D eigenvalue weighted by Crippen LogP contribution is -1.79. The van der Waals surface area contributed by atoms with Crippen molar-refractivity contribution >= 4 is 5.69 Å². The third-order valence-electron chi connectivity index (χ3n) is 2.08. The highest BCUT2D eigenvalue weighted by Gasteiger charge is 1.97. The molecular weight excluding hydrogens is 202 g/mol. The van der Waals surface area contributed by atoms with Crippen LogP contribution in [-0.2, 0) is 0 Å². The quantitative estimate of drug-likeness (QED) is 0.594. The summed E-state index contributed by atoms with van der Waals surface area (Å²) in [6, 6.07) is 14.2. The summed E-state index contributed by atoms with van der Waals surface area (Å²) >= 11 is 0. The Kier molecular flexibility index (Phi) is 4.21. The van der Waals surface area contributed by atoms with Gasteiger partial charge in [0.2, 0.25) is 0 Å². The summed E-state index contributed by atoms with van der Waals surface area (Å²) in [7, 11) is 0. The van der Waals surface area contributed by atoms with Gasteiger partial charge in [0.1, 0.15) is 11.5 Å². The first-order chi connectivity index (χ1) is 7.61. The van der Waals surface area contributed by atoms with Crippen LogP contribution in [0.2, 0.25) is 0 Å². The standard InChI is InChI=1S/C7H8O2.C6H7N/c1-5-6(8)3-2-4-7(5)9;7-6-4-2-1-3-5-6/h2-4,8-9H,1H3;1-5H,7H2. The molecule has 0 amide bonds. The highest BCUT2D eigenvalue weighted by Crippen LogP contribution is 2.23. The second-order valence-electron chi connectivity index (χ2n) is 3.33. The molecule has 4 N–H and O–H groups in total. The molecular formula is C13H15NO2. The summed E-state index contributed by atoms with van der Waals surface area (Å²) < 4.78 is 0. The zero-order valence-corrected chi connectivity index (χ0v) is 9.09. The van der Waals surface area contributed by atoms with E-state index in [2.05, 4.69) is 0 Å². The second kappa shape index (κ2) is 5.66. The molecule has 0 saturated carbocycles. The van der Waals surface area contributed by atoms with Crippen LogP contribution in [0.25, 0.3) is 0 Å². The number of nitrogen functional groups attached to an aromatic ring is 1. The molecule has 3 nitrogen and oxygen atoms in total. The lowest BCUT2D eigenvalue weighted by molar-refractivity contribution is 0.443. The molecule has 0 aliphatic rings. The van der Waals surface area contributed by atoms with Crippen molar-refractivity contribution in [3.05, 3.63) is 54.1 Å². The van der Waals surface area contributed by atoms with Gasteiger partial charge in [-0.05, 0) is 31.2 Å². The maximum atomic E-state index is 8.94. The number of anilines is 1. The third-order valence-corrected chi connectivity index (χ3v) is 2.08. The SMILES string of the molecule is Cc1c(O)cccc1O.Nc1ccccc1. The Hall–Kier alpha value is -2.16. The molecule has 0 aliphatic carbocycles. The van der Waals surface area contributed by atoms with E-state index in [4.69, 9.17) is 15.9 Å². The lowest BCUT2D eigenvalue weighted by Gasteiger charge is -1.98. The normalized spacial score (nSPS) is 9.06. The van der Waals surface area contributed by atoms with Crippen molar-refractivity contribution in [1.82, 2.24) is 0 Å². The highest BCUT2D eigenvalue weighted by atomic mass is 16.3. The molecule has 0 aliphatic heterocycles. The number of rotatable bonds is 0. The predicted molar refractivity (Wildman–Crippen MR) is 65.4 cm³/mol. The van der Waals surface area contributed by atoms with Crippen LogP contribution in [0.3, 0.4) is 0 Å². The number of nitrogens with two attached hydrogens (primary N) is 1. The van der Waals surface area contributed by atoms with Gasteiger partial charge in [0.15, 0.2) is 0 Å². The Balaban J connectivity index is 0.000000165. The van der Waals surface area contributed by atoms with E-state index in [1.165, 1.54) is 12.1 Å². The van der Waals surface area contributed by atoms with Gasteiger partial charge in [0.05, 0.1) is 0 Å². The molecule has 0 aromatic heterocycles. The van der Waals surface area contributed by atoms with Crippen molar-refractivity contribution in [1.29, 1.82) is 0 Å². The average molecular weight is 217 g/mol. The number of phenols is 2. The van der Waals surface area contributed by atoms with Crippen molar-refractivity contribution in [3.63, 3.8) is 0 Å². The number of hydrogen-bond donors (Lipinski definition) is 3. The molecule has 2 rings (SSSR count). The molecule has 16 heavy (non-hydrogen) atoms. The third kappa shape index (κ3) is 3.53. The summed E-state index contributed by atoms with van der Waals surface area (Å²) in [6.07, 6.45) is 0. The Morgan fingerprint density at radius 2 is 1.31 bits per heavy atom. The number of para-hydroxylation sites is 1. The molecule has 0 spiro atoms. The van der Waals surface area contributed by atoms with E-state index in [1.54, 1.807) is 13.0 Å². The number of hydrogen-bond acceptors (Lipinski definition) is 3. The number of aromatic hydroxyl groups is 2. The molecule has 0 saturated heterocycles. The fourth-order valence-electron chi connectivity index (χ4n) is 1.06. The van der Waals surface area contributed by atoms with Gasteiger partial charge >= 0.3 is 0 Å². The molecule has 2 aromatic carbocycles. The molecule has 84 valence electrons. The van der Waals surface area contributed by atoms with E-state index in [0.29, 0.717) is 5.56 Å². The van der Waals surface area contributed by atoms with Gasteiger partial charge in [-0.15, -0.1) is 0 Å². The molecule has 0 bridgehead atoms. The highest BCUT2D eigenvalue weighted by molar-refractivity contribution is 5.41. The average Bonchev–Trinajstić information content (AvgIpc) is 2.28. The molecule has 0 radical (unpaired) electrons. The second-order valence-corrected chi connectivity index (χ2v) is 3.33. The first kappa shape index (κ1) is 11.9. The van der Waals surface area contributed by atoms with Crippen LogP contribution < -0.4 is 5.73 Å². The van der Waals surface area contributed by atoms with E-state index >= 15 is 0 Å². The predicted octanol–water partition coefficient (Wildman–Crippen LogP) is 2.68. The molecule has 3 heteroatoms. The molecule has 0 heterocycles. The van der Waals surface area contributed by atoms with Crippen molar-refractivity contribution in [2.24, 2.45) is 0 Å². The van der Waals surface area contributed by atoms with E-state index in [-0.39, 0.29) is 11.5 Å². The zero-order chi connectivity index (χ0) is 12.0. The molecule has 0 unspecified atom stereocenters. The first-order valence-corrected chi connectivity index (χ1v) is 4.89. The summed E-state index contributed by atoms with van der Waals surface area (Å²) in [4.78, 5) is 0. The number of benzene rings is 2. The fraction of sp³-hybridized carbons (Fsp3) is 0.0769. The van der Waals surface area contributed by atoms with E-state index in [9.17, 15) is 0 Å². The van der Waals surface area contributed by atoms with Gasteiger partial charge in [-0.1, -0.05) is 24.3 Å². The van der Waals surface area contributed by atoms with Crippen molar-refractivity contribution < 1.29 is 10.2 Å². The van der Waals surface area contributed by atoms with Gasteiger partial charge < -0.3 is 15.9 Å². The zero-order valence-electron chi connectivity index (χ0n) is 9.09. The Morgan fingerprint density at radius 1 is 0.812 bits per heavy atom. The molecule has 0 atom stereocenters. The maximum absolute atomic E-state index is 8.94. The number of phenolic OH excluding ortho intramolecular Hbond substituents is 2. The minimum Gasteiger partial charge on any atom is -0.508 e. The largest absolute Gasteiger partial charge is 0.508 e. The first-order valence-electron chi connectivity index (χ1n) is 4.89. The van der Waals surface area contributed by atoms with E-state index in [1.807, 2.05) is 30.3 Å². The maximum Gasteiger partial charge on any atom is 0.122 e. The van der Waals surface area contributed by atoms with Gasteiger partial charge in [-0.2, -0.15) is 0 Å². The van der Waals surface area contributed by atoms with Gasteiger partial charge in [0, 0.05) is 11.3 Å². The van der Waals surface area contributed by atoms with Crippen molar-refractivity contribution in [3.8, 4) is 11.5 Å². The van der Waals surface area contributed by atoms with Crippen molar-refractivity contribution in [2.75, 3.05) is 5.73 Å². The van der Waals surface area contributed by atoms with Gasteiger partial charge in [-0.3, -0.25) is 0 Å². The van der Waals surface area contributed by atoms with E-state index in [0.717, 1.165) is 5.69 Å². The summed E-state index contributed by atoms with van der Waals surface area (Å²) in [5.41, 5.74) is 6.70. The Labute approximate surface area is 94.8 Å². The van der Waals surface area contributed by atoms with Gasteiger partial charge in [0.25, 0.3) is 0 Å². The monoisotopic (exact) mass is 217 g/mol. The Morgan fingerprint density at radius 3 is 1.62 bits per heavy atom. The summed E-state index contributed by atoms with van der Waals surface area (Å²) in [6.45, 7) is 1.66. The topological polar surface area (TPSA) is 66.5 Å². The van der Waals surface area contributed by atoms with Crippen LogP contribution in [0.4, 0.5) is 5.69 Å². The van der Waals surface area contributed by atoms with E-state index < -0.39 is 0 Å². The summed E-state index contributed by atoms with van der Waals surface area (Å²) in [5, 5.41) is 17.9. The van der Waals surface area contributed by atoms with Crippen LogP contribution in [0.15, 0.2) is 48.5 Å². The lowest BCUT2D eigenvalue weighted by atomic mass is 10.2. The minimum atomic E-state index is 0.134. The van der Waals surface area contributed by atoms with Crippen molar-refractivity contribution in [2.45, 2.75) is 6.92 Å². The summed E-state index contributed by atoms with van der Waals surface area (Å²) in [5.74, 6) is 0.269. The molecule has 0 fully saturated rings. The smallest absolute Gasteiger partial charge is 0.122 e. The van der Waals surface area contributed by atoms with Crippen LogP contribution in [0.5, 0.6) is 11.5 Å². The van der Waals surface area contributed by atoms with Crippen LogP contribution >= 0.6 is 0 Å². The van der Waals surface area contributed by atoms with Crippen LogP contribution in [-0.4, -0.2) is 10.2 Å².